The van der Waals surface area contributed by atoms with E-state index in [9.17, 15) is 4.79 Å². The molecular weight excluding hydrogens is 244 g/mol. The van der Waals surface area contributed by atoms with Gasteiger partial charge in [0.15, 0.2) is 11.5 Å². The number of ether oxygens (including phenoxy) is 2. The largest absolute Gasteiger partial charge is 0.493 e. The lowest BCUT2D eigenvalue weighted by Crippen LogP contribution is -2.30. The van der Waals surface area contributed by atoms with Gasteiger partial charge in [-0.25, -0.2) is 0 Å². The lowest BCUT2D eigenvalue weighted by atomic mass is 10.1. The van der Waals surface area contributed by atoms with E-state index in [1.165, 1.54) is 14.2 Å². The molecule has 1 amide bonds. The lowest BCUT2D eigenvalue weighted by molar-refractivity contribution is 0.0780. The maximum Gasteiger partial charge on any atom is 0.255 e. The third kappa shape index (κ3) is 3.53. The molecule has 5 nitrogen and oxygen atoms in total. The molecule has 0 fully saturated rings. The Morgan fingerprint density at radius 3 is 2.26 bits per heavy atom. The van der Waals surface area contributed by atoms with Crippen LogP contribution in [0.2, 0.25) is 0 Å². The first-order valence-corrected chi connectivity index (χ1v) is 6.17. The topological polar surface area (TPSA) is 64.8 Å². The Bertz CT molecular complexity index is 458. The predicted octanol–water partition coefficient (Wildman–Crippen LogP) is 2.01. The fraction of sp³-hybridized carbons (Fsp3) is 0.500. The zero-order valence-corrected chi connectivity index (χ0v) is 12.2. The molecule has 0 unspecified atom stereocenters. The molecule has 0 spiro atoms. The molecular formula is C14H22N2O3. The normalized spacial score (nSPS) is 10.4. The van der Waals surface area contributed by atoms with E-state index in [1.54, 1.807) is 24.1 Å². The molecule has 1 aromatic carbocycles. The van der Waals surface area contributed by atoms with Crippen molar-refractivity contribution in [2.45, 2.75) is 13.8 Å². The Hall–Kier alpha value is -1.91. The van der Waals surface area contributed by atoms with Gasteiger partial charge in [-0.1, -0.05) is 13.8 Å². The average Bonchev–Trinajstić information content (AvgIpc) is 2.36. The van der Waals surface area contributed by atoms with Crippen LogP contribution >= 0.6 is 0 Å². The van der Waals surface area contributed by atoms with Gasteiger partial charge in [-0.3, -0.25) is 4.79 Å². The van der Waals surface area contributed by atoms with E-state index in [1.807, 2.05) is 0 Å². The van der Waals surface area contributed by atoms with Gasteiger partial charge >= 0.3 is 0 Å². The number of carbonyl (C=O) groups excluding carboxylic acids is 1. The van der Waals surface area contributed by atoms with Crippen LogP contribution in [0.25, 0.3) is 0 Å². The van der Waals surface area contributed by atoms with Crippen molar-refractivity contribution in [3.8, 4) is 11.5 Å². The second-order valence-corrected chi connectivity index (χ2v) is 4.87. The van der Waals surface area contributed by atoms with Crippen LogP contribution in [0.5, 0.6) is 11.5 Å². The number of hydrogen-bond acceptors (Lipinski definition) is 4. The average molecular weight is 266 g/mol. The van der Waals surface area contributed by atoms with Crippen molar-refractivity contribution in [3.63, 3.8) is 0 Å². The Morgan fingerprint density at radius 2 is 1.79 bits per heavy atom. The number of nitrogens with two attached hydrogens (primary N) is 1. The number of anilines is 1. The van der Waals surface area contributed by atoms with Gasteiger partial charge in [-0.2, -0.15) is 0 Å². The fourth-order valence-electron chi connectivity index (χ4n) is 1.92. The molecule has 0 aromatic heterocycles. The molecule has 0 atom stereocenters. The van der Waals surface area contributed by atoms with Crippen molar-refractivity contribution in [1.29, 1.82) is 0 Å². The van der Waals surface area contributed by atoms with E-state index in [-0.39, 0.29) is 5.91 Å². The highest BCUT2D eigenvalue weighted by Crippen LogP contribution is 2.32. The molecule has 0 heterocycles. The van der Waals surface area contributed by atoms with Crippen molar-refractivity contribution in [1.82, 2.24) is 4.90 Å². The minimum atomic E-state index is -0.118. The number of hydrogen-bond donors (Lipinski definition) is 1. The summed E-state index contributed by atoms with van der Waals surface area (Å²) in [4.78, 5) is 14.0. The molecule has 1 aromatic rings. The standard InChI is InChI=1S/C14H22N2O3/c1-9(2)8-16(3)14(17)10-6-12(18-4)13(19-5)7-11(10)15/h6-7,9H,8,15H2,1-5H3. The van der Waals surface area contributed by atoms with Gasteiger partial charge in [0.05, 0.1) is 19.8 Å². The number of rotatable bonds is 5. The fourth-order valence-corrected chi connectivity index (χ4v) is 1.92. The van der Waals surface area contributed by atoms with Crippen molar-refractivity contribution < 1.29 is 14.3 Å². The summed E-state index contributed by atoms with van der Waals surface area (Å²) < 4.78 is 10.3. The van der Waals surface area contributed by atoms with Crippen LogP contribution in [0.3, 0.4) is 0 Å². The maximum absolute atomic E-state index is 12.3. The quantitative estimate of drug-likeness (QED) is 0.828. The van der Waals surface area contributed by atoms with E-state index < -0.39 is 0 Å². The van der Waals surface area contributed by atoms with Crippen LogP contribution in [-0.4, -0.2) is 38.6 Å². The summed E-state index contributed by atoms with van der Waals surface area (Å²) in [6.45, 7) is 4.79. The molecule has 106 valence electrons. The Morgan fingerprint density at radius 1 is 1.26 bits per heavy atom. The third-order valence-corrected chi connectivity index (χ3v) is 2.77. The Labute approximate surface area is 114 Å². The third-order valence-electron chi connectivity index (χ3n) is 2.77. The summed E-state index contributed by atoms with van der Waals surface area (Å²) >= 11 is 0. The monoisotopic (exact) mass is 266 g/mol. The highest BCUT2D eigenvalue weighted by molar-refractivity contribution is 5.99. The highest BCUT2D eigenvalue weighted by atomic mass is 16.5. The summed E-state index contributed by atoms with van der Waals surface area (Å²) in [7, 11) is 4.82. The molecule has 0 saturated heterocycles. The zero-order chi connectivity index (χ0) is 14.6. The highest BCUT2D eigenvalue weighted by Gasteiger charge is 2.18. The molecule has 0 aliphatic carbocycles. The van der Waals surface area contributed by atoms with Gasteiger partial charge in [0.1, 0.15) is 0 Å². The Kier molecular flexibility index (Phi) is 5.03. The number of nitrogen functional groups attached to an aromatic ring is 1. The van der Waals surface area contributed by atoms with E-state index in [2.05, 4.69) is 13.8 Å². The van der Waals surface area contributed by atoms with Crippen molar-refractivity contribution >= 4 is 11.6 Å². The SMILES string of the molecule is COc1cc(N)c(C(=O)N(C)CC(C)C)cc1OC. The van der Waals surface area contributed by atoms with Crippen molar-refractivity contribution in [2.24, 2.45) is 5.92 Å². The van der Waals surface area contributed by atoms with Crippen LogP contribution < -0.4 is 15.2 Å². The molecule has 5 heteroatoms. The van der Waals surface area contributed by atoms with Crippen LogP contribution in [0.4, 0.5) is 5.69 Å². The number of methoxy groups -OCH3 is 2. The van der Waals surface area contributed by atoms with E-state index in [0.717, 1.165) is 0 Å². The molecule has 0 aliphatic heterocycles. The molecule has 0 saturated carbocycles. The summed E-state index contributed by atoms with van der Waals surface area (Å²) in [5.74, 6) is 1.29. The van der Waals surface area contributed by atoms with Gasteiger partial charge in [-0.05, 0) is 12.0 Å². The van der Waals surface area contributed by atoms with Crippen molar-refractivity contribution in [2.75, 3.05) is 33.5 Å². The molecule has 0 bridgehead atoms. The first-order valence-electron chi connectivity index (χ1n) is 6.17. The van der Waals surface area contributed by atoms with E-state index >= 15 is 0 Å². The van der Waals surface area contributed by atoms with Crippen LogP contribution in [-0.2, 0) is 0 Å². The summed E-state index contributed by atoms with van der Waals surface area (Å²) in [6, 6.07) is 3.22. The van der Waals surface area contributed by atoms with Gasteiger partial charge in [0, 0.05) is 25.3 Å². The number of amides is 1. The van der Waals surface area contributed by atoms with E-state index in [4.69, 9.17) is 15.2 Å². The maximum atomic E-state index is 12.3. The zero-order valence-electron chi connectivity index (χ0n) is 12.2. The minimum absolute atomic E-state index is 0.118. The van der Waals surface area contributed by atoms with Crippen molar-refractivity contribution in [3.05, 3.63) is 17.7 Å². The van der Waals surface area contributed by atoms with Gasteiger partial charge < -0.3 is 20.1 Å². The van der Waals surface area contributed by atoms with Gasteiger partial charge in [-0.15, -0.1) is 0 Å². The lowest BCUT2D eigenvalue weighted by Gasteiger charge is -2.21. The molecule has 1 rings (SSSR count). The smallest absolute Gasteiger partial charge is 0.255 e. The molecule has 2 N–H and O–H groups in total. The molecule has 0 aliphatic rings. The first-order chi connectivity index (χ1) is 8.90. The number of benzene rings is 1. The summed E-state index contributed by atoms with van der Waals surface area (Å²) in [6.07, 6.45) is 0. The van der Waals surface area contributed by atoms with E-state index in [0.29, 0.717) is 35.2 Å². The van der Waals surface area contributed by atoms with Crippen LogP contribution in [0, 0.1) is 5.92 Å². The Balaban J connectivity index is 3.09. The van der Waals surface area contributed by atoms with Gasteiger partial charge in [0.25, 0.3) is 5.91 Å². The molecule has 0 radical (unpaired) electrons. The van der Waals surface area contributed by atoms with Crippen LogP contribution in [0.1, 0.15) is 24.2 Å². The number of nitrogens with zero attached hydrogens (tertiary/aromatic N) is 1. The predicted molar refractivity (Wildman–Crippen MR) is 75.8 cm³/mol. The van der Waals surface area contributed by atoms with Crippen LogP contribution in [0.15, 0.2) is 12.1 Å². The summed E-state index contributed by atoms with van der Waals surface area (Å²) in [5.41, 5.74) is 6.73. The second kappa shape index (κ2) is 6.31. The van der Waals surface area contributed by atoms with Gasteiger partial charge in [0.2, 0.25) is 0 Å². The number of carbonyl (C=O) groups is 1. The summed E-state index contributed by atoms with van der Waals surface area (Å²) in [5, 5.41) is 0. The minimum Gasteiger partial charge on any atom is -0.493 e. The first kappa shape index (κ1) is 15.1. The molecule has 19 heavy (non-hydrogen) atoms. The second-order valence-electron chi connectivity index (χ2n) is 4.87.